The van der Waals surface area contributed by atoms with Gasteiger partial charge in [-0.2, -0.15) is 0 Å². The molecule has 3 nitrogen and oxygen atoms in total. The summed E-state index contributed by atoms with van der Waals surface area (Å²) in [5.41, 5.74) is 9.36. The first-order valence-electron chi connectivity index (χ1n) is 6.07. The number of aliphatic hydroxyl groups excluding tert-OH is 1. The molecule has 0 aliphatic carbocycles. The molecule has 1 rings (SSSR count). The third-order valence-corrected chi connectivity index (χ3v) is 3.19. The third-order valence-electron chi connectivity index (χ3n) is 3.19. The van der Waals surface area contributed by atoms with Crippen molar-refractivity contribution in [3.05, 3.63) is 34.9 Å². The van der Waals surface area contributed by atoms with Crippen molar-refractivity contribution in [3.63, 3.8) is 0 Å². The van der Waals surface area contributed by atoms with Gasteiger partial charge in [0.15, 0.2) is 0 Å². The van der Waals surface area contributed by atoms with E-state index in [4.69, 9.17) is 5.73 Å². The highest BCUT2D eigenvalue weighted by Crippen LogP contribution is 2.20. The molecule has 0 fully saturated rings. The van der Waals surface area contributed by atoms with Gasteiger partial charge in [-0.05, 0) is 57.6 Å². The van der Waals surface area contributed by atoms with E-state index in [1.165, 1.54) is 11.1 Å². The Hall–Kier alpha value is -0.900. The van der Waals surface area contributed by atoms with Gasteiger partial charge in [-0.15, -0.1) is 0 Å². The first-order chi connectivity index (χ1) is 7.91. The zero-order valence-corrected chi connectivity index (χ0v) is 11.3. The lowest BCUT2D eigenvalue weighted by atomic mass is 9.97. The van der Waals surface area contributed by atoms with Gasteiger partial charge >= 0.3 is 0 Å². The fourth-order valence-corrected chi connectivity index (χ4v) is 1.76. The Kier molecular flexibility index (Phi) is 5.12. The SMILES string of the molecule is Cc1ccc(C(O)C(N)CCN(C)C)cc1C. The zero-order chi connectivity index (χ0) is 13.0. The molecule has 0 aliphatic rings. The van der Waals surface area contributed by atoms with Crippen LogP contribution >= 0.6 is 0 Å². The molecule has 0 bridgehead atoms. The van der Waals surface area contributed by atoms with Crippen molar-refractivity contribution >= 4 is 0 Å². The largest absolute Gasteiger partial charge is 0.387 e. The molecule has 0 aliphatic heterocycles. The second kappa shape index (κ2) is 6.15. The molecule has 96 valence electrons. The summed E-state index contributed by atoms with van der Waals surface area (Å²) in [7, 11) is 4.02. The summed E-state index contributed by atoms with van der Waals surface area (Å²) in [6.07, 6.45) is 0.218. The molecule has 0 spiro atoms. The maximum Gasteiger partial charge on any atom is 0.0941 e. The standard InChI is InChI=1S/C14H24N2O/c1-10-5-6-12(9-11(10)2)14(17)13(15)7-8-16(3)4/h5-6,9,13-14,17H,7-8,15H2,1-4H3. The molecule has 0 amide bonds. The third kappa shape index (κ3) is 4.11. The lowest BCUT2D eigenvalue weighted by Gasteiger charge is -2.21. The van der Waals surface area contributed by atoms with Crippen molar-refractivity contribution < 1.29 is 5.11 Å². The number of hydrogen-bond donors (Lipinski definition) is 2. The van der Waals surface area contributed by atoms with Crippen LogP contribution in [0.25, 0.3) is 0 Å². The minimum atomic E-state index is -0.575. The van der Waals surface area contributed by atoms with Gasteiger partial charge < -0.3 is 15.7 Å². The Morgan fingerprint density at radius 3 is 2.41 bits per heavy atom. The molecule has 0 aromatic heterocycles. The van der Waals surface area contributed by atoms with Crippen LogP contribution in [-0.4, -0.2) is 36.7 Å². The van der Waals surface area contributed by atoms with Crippen LogP contribution in [0.1, 0.15) is 29.2 Å². The van der Waals surface area contributed by atoms with Crippen LogP contribution in [0.15, 0.2) is 18.2 Å². The molecule has 17 heavy (non-hydrogen) atoms. The van der Waals surface area contributed by atoms with Crippen LogP contribution in [0.2, 0.25) is 0 Å². The van der Waals surface area contributed by atoms with Crippen LogP contribution in [0, 0.1) is 13.8 Å². The molecule has 2 unspecified atom stereocenters. The number of nitrogens with two attached hydrogens (primary N) is 1. The Labute approximate surface area is 104 Å². The summed E-state index contributed by atoms with van der Waals surface area (Å²) in [6.45, 7) is 5.01. The number of rotatable bonds is 5. The van der Waals surface area contributed by atoms with E-state index in [9.17, 15) is 5.11 Å². The van der Waals surface area contributed by atoms with Crippen molar-refractivity contribution in [1.29, 1.82) is 0 Å². The highest BCUT2D eigenvalue weighted by molar-refractivity contribution is 5.31. The minimum absolute atomic E-state index is 0.209. The van der Waals surface area contributed by atoms with Gasteiger partial charge in [0.05, 0.1) is 6.10 Å². The Balaban J connectivity index is 2.67. The van der Waals surface area contributed by atoms with E-state index in [2.05, 4.69) is 18.7 Å². The van der Waals surface area contributed by atoms with Gasteiger partial charge in [0, 0.05) is 6.04 Å². The fourth-order valence-electron chi connectivity index (χ4n) is 1.76. The van der Waals surface area contributed by atoms with E-state index in [1.807, 2.05) is 32.3 Å². The summed E-state index contributed by atoms with van der Waals surface area (Å²) >= 11 is 0. The van der Waals surface area contributed by atoms with E-state index in [1.54, 1.807) is 0 Å². The molecular weight excluding hydrogens is 212 g/mol. The summed E-state index contributed by atoms with van der Waals surface area (Å²) in [5, 5.41) is 10.2. The molecule has 0 heterocycles. The second-order valence-electron chi connectivity index (χ2n) is 5.04. The highest BCUT2D eigenvalue weighted by Gasteiger charge is 2.17. The van der Waals surface area contributed by atoms with E-state index in [-0.39, 0.29) is 6.04 Å². The Bertz CT molecular complexity index is 363. The van der Waals surface area contributed by atoms with Gasteiger partial charge in [0.1, 0.15) is 0 Å². The molecule has 1 aromatic carbocycles. The van der Waals surface area contributed by atoms with Gasteiger partial charge in [0.2, 0.25) is 0 Å². The number of nitrogens with zero attached hydrogens (tertiary/aromatic N) is 1. The summed E-state index contributed by atoms with van der Waals surface area (Å²) in [5.74, 6) is 0. The minimum Gasteiger partial charge on any atom is -0.387 e. The Morgan fingerprint density at radius 2 is 1.88 bits per heavy atom. The van der Waals surface area contributed by atoms with Gasteiger partial charge in [0.25, 0.3) is 0 Å². The smallest absolute Gasteiger partial charge is 0.0941 e. The molecule has 3 heteroatoms. The summed E-state index contributed by atoms with van der Waals surface area (Å²) in [6, 6.07) is 5.81. The molecule has 3 N–H and O–H groups in total. The number of benzene rings is 1. The van der Waals surface area contributed by atoms with Crippen molar-refractivity contribution in [1.82, 2.24) is 4.90 Å². The van der Waals surface area contributed by atoms with Crippen LogP contribution < -0.4 is 5.73 Å². The molecular formula is C14H24N2O. The highest BCUT2D eigenvalue weighted by atomic mass is 16.3. The molecule has 0 saturated heterocycles. The first kappa shape index (κ1) is 14.2. The predicted octanol–water partition coefficient (Wildman–Crippen LogP) is 1.62. The zero-order valence-electron chi connectivity index (χ0n) is 11.3. The fraction of sp³-hybridized carbons (Fsp3) is 0.571. The normalized spacial score (nSPS) is 15.0. The van der Waals surface area contributed by atoms with Crippen molar-refractivity contribution in [3.8, 4) is 0 Å². The van der Waals surface area contributed by atoms with Crippen molar-refractivity contribution in [2.24, 2.45) is 5.73 Å². The average Bonchev–Trinajstić information content (AvgIpc) is 2.28. The summed E-state index contributed by atoms with van der Waals surface area (Å²) < 4.78 is 0. The van der Waals surface area contributed by atoms with Crippen LogP contribution in [-0.2, 0) is 0 Å². The van der Waals surface area contributed by atoms with Crippen LogP contribution in [0.4, 0.5) is 0 Å². The second-order valence-corrected chi connectivity index (χ2v) is 5.04. The van der Waals surface area contributed by atoms with Crippen LogP contribution in [0.3, 0.4) is 0 Å². The molecule has 0 saturated carbocycles. The maximum atomic E-state index is 10.2. The predicted molar refractivity (Wildman–Crippen MR) is 72.0 cm³/mol. The van der Waals surface area contributed by atoms with Gasteiger partial charge in [-0.3, -0.25) is 0 Å². The number of aliphatic hydroxyl groups is 1. The van der Waals surface area contributed by atoms with Crippen LogP contribution in [0.5, 0.6) is 0 Å². The van der Waals surface area contributed by atoms with E-state index in [0.29, 0.717) is 0 Å². The number of aryl methyl sites for hydroxylation is 2. The van der Waals surface area contributed by atoms with E-state index < -0.39 is 6.10 Å². The molecule has 2 atom stereocenters. The lowest BCUT2D eigenvalue weighted by Crippen LogP contribution is -2.32. The maximum absolute atomic E-state index is 10.2. The first-order valence-corrected chi connectivity index (χ1v) is 6.07. The van der Waals surface area contributed by atoms with Crippen molar-refractivity contribution in [2.75, 3.05) is 20.6 Å². The monoisotopic (exact) mass is 236 g/mol. The quantitative estimate of drug-likeness (QED) is 0.816. The molecule has 1 aromatic rings. The van der Waals surface area contributed by atoms with Gasteiger partial charge in [-0.1, -0.05) is 18.2 Å². The average molecular weight is 236 g/mol. The van der Waals surface area contributed by atoms with E-state index in [0.717, 1.165) is 18.5 Å². The topological polar surface area (TPSA) is 49.5 Å². The lowest BCUT2D eigenvalue weighted by molar-refractivity contribution is 0.137. The van der Waals surface area contributed by atoms with Gasteiger partial charge in [-0.25, -0.2) is 0 Å². The van der Waals surface area contributed by atoms with E-state index >= 15 is 0 Å². The summed E-state index contributed by atoms with van der Waals surface area (Å²) in [4.78, 5) is 2.08. The Morgan fingerprint density at radius 1 is 1.24 bits per heavy atom. The molecule has 0 radical (unpaired) electrons. The van der Waals surface area contributed by atoms with Crippen molar-refractivity contribution in [2.45, 2.75) is 32.4 Å². The number of hydrogen-bond acceptors (Lipinski definition) is 3.